The van der Waals surface area contributed by atoms with Crippen LogP contribution in [0.1, 0.15) is 38.5 Å². The number of piperidine rings is 2. The minimum atomic E-state index is 0.520. The normalized spacial score (nSPS) is 30.3. The van der Waals surface area contributed by atoms with Gasteiger partial charge in [0.25, 0.3) is 0 Å². The Morgan fingerprint density at radius 3 is 2.80 bits per heavy atom. The number of hydrogen-bond acceptors (Lipinski definition) is 4. The van der Waals surface area contributed by atoms with Crippen molar-refractivity contribution in [2.75, 3.05) is 52.4 Å². The van der Waals surface area contributed by atoms with Gasteiger partial charge in [0.2, 0.25) is 0 Å². The van der Waals surface area contributed by atoms with Crippen LogP contribution in [0.15, 0.2) is 0 Å². The van der Waals surface area contributed by atoms with E-state index >= 15 is 0 Å². The summed E-state index contributed by atoms with van der Waals surface area (Å²) < 4.78 is 6.00. The Morgan fingerprint density at radius 1 is 1.00 bits per heavy atom. The van der Waals surface area contributed by atoms with Gasteiger partial charge in [-0.15, -0.1) is 0 Å². The Morgan fingerprint density at radius 2 is 1.90 bits per heavy atom. The van der Waals surface area contributed by atoms with Gasteiger partial charge in [-0.3, -0.25) is 4.90 Å². The Balaban J connectivity index is 1.28. The highest BCUT2D eigenvalue weighted by molar-refractivity contribution is 4.84. The molecule has 3 saturated heterocycles. The molecule has 116 valence electrons. The second-order valence-electron chi connectivity index (χ2n) is 6.66. The molecular weight excluding hydrogens is 250 g/mol. The summed E-state index contributed by atoms with van der Waals surface area (Å²) in [5, 5.41) is 3.39. The zero-order valence-electron chi connectivity index (χ0n) is 12.9. The molecule has 3 fully saturated rings. The first-order valence-corrected chi connectivity index (χ1v) is 8.70. The molecule has 0 spiro atoms. The largest absolute Gasteiger partial charge is 0.378 e. The van der Waals surface area contributed by atoms with E-state index in [0.717, 1.165) is 25.7 Å². The first kappa shape index (κ1) is 14.8. The number of hydrogen-bond donors (Lipinski definition) is 1. The first-order chi connectivity index (χ1) is 9.92. The van der Waals surface area contributed by atoms with Crippen molar-refractivity contribution in [2.45, 2.75) is 50.7 Å². The molecule has 1 N–H and O–H groups in total. The van der Waals surface area contributed by atoms with Crippen molar-refractivity contribution in [3.8, 4) is 0 Å². The summed E-state index contributed by atoms with van der Waals surface area (Å²) in [6, 6.07) is 0.850. The average Bonchev–Trinajstić information content (AvgIpc) is 2.52. The van der Waals surface area contributed by atoms with Crippen LogP contribution in [0, 0.1) is 0 Å². The van der Waals surface area contributed by atoms with E-state index < -0.39 is 0 Å². The van der Waals surface area contributed by atoms with Crippen LogP contribution in [0.3, 0.4) is 0 Å². The summed E-state index contributed by atoms with van der Waals surface area (Å²) in [5.41, 5.74) is 0. The molecule has 3 rings (SSSR count). The van der Waals surface area contributed by atoms with Crippen LogP contribution in [-0.4, -0.2) is 74.4 Å². The van der Waals surface area contributed by atoms with Crippen LogP contribution in [0.5, 0.6) is 0 Å². The molecule has 1 atom stereocenters. The van der Waals surface area contributed by atoms with E-state index in [1.165, 1.54) is 71.2 Å². The Bertz CT molecular complexity index is 281. The number of nitrogens with zero attached hydrogens (tertiary/aromatic N) is 2. The molecule has 0 saturated carbocycles. The highest BCUT2D eigenvalue weighted by atomic mass is 16.5. The monoisotopic (exact) mass is 281 g/mol. The fourth-order valence-corrected chi connectivity index (χ4v) is 3.92. The van der Waals surface area contributed by atoms with Crippen molar-refractivity contribution >= 4 is 0 Å². The Kier molecular flexibility index (Phi) is 5.71. The summed E-state index contributed by atoms with van der Waals surface area (Å²) in [4.78, 5) is 5.38. The number of ether oxygens (including phenoxy) is 1. The molecule has 4 nitrogen and oxygen atoms in total. The van der Waals surface area contributed by atoms with E-state index in [1.54, 1.807) is 0 Å². The molecule has 0 aromatic carbocycles. The molecule has 0 amide bonds. The molecule has 3 aliphatic heterocycles. The maximum atomic E-state index is 6.00. The van der Waals surface area contributed by atoms with Gasteiger partial charge in [-0.2, -0.15) is 0 Å². The van der Waals surface area contributed by atoms with E-state index in [0.29, 0.717) is 6.10 Å². The van der Waals surface area contributed by atoms with Gasteiger partial charge in [0.05, 0.1) is 6.10 Å². The second kappa shape index (κ2) is 7.74. The lowest BCUT2D eigenvalue weighted by atomic mass is 9.99. The van der Waals surface area contributed by atoms with Gasteiger partial charge >= 0.3 is 0 Å². The molecule has 3 heterocycles. The zero-order chi connectivity index (χ0) is 13.6. The van der Waals surface area contributed by atoms with Crippen LogP contribution >= 0.6 is 0 Å². The fourth-order valence-electron chi connectivity index (χ4n) is 3.92. The summed E-state index contributed by atoms with van der Waals surface area (Å²) >= 11 is 0. The average molecular weight is 281 g/mol. The minimum absolute atomic E-state index is 0.520. The van der Waals surface area contributed by atoms with Gasteiger partial charge in [-0.25, -0.2) is 0 Å². The van der Waals surface area contributed by atoms with Gasteiger partial charge in [-0.05, 0) is 51.7 Å². The molecule has 4 heteroatoms. The molecule has 20 heavy (non-hydrogen) atoms. The van der Waals surface area contributed by atoms with Crippen molar-refractivity contribution in [2.24, 2.45) is 0 Å². The van der Waals surface area contributed by atoms with Crippen molar-refractivity contribution in [1.82, 2.24) is 15.1 Å². The molecule has 0 aromatic rings. The SMILES string of the molecule is C1CCN2CCN(CCCOC3CCNCC3)CC2C1. The topological polar surface area (TPSA) is 27.7 Å². The smallest absolute Gasteiger partial charge is 0.0599 e. The lowest BCUT2D eigenvalue weighted by molar-refractivity contribution is 0.0165. The highest BCUT2D eigenvalue weighted by Crippen LogP contribution is 2.21. The van der Waals surface area contributed by atoms with Crippen LogP contribution in [0.25, 0.3) is 0 Å². The second-order valence-corrected chi connectivity index (χ2v) is 6.66. The van der Waals surface area contributed by atoms with E-state index in [4.69, 9.17) is 4.74 Å². The van der Waals surface area contributed by atoms with Crippen molar-refractivity contribution in [1.29, 1.82) is 0 Å². The van der Waals surface area contributed by atoms with Crippen LogP contribution in [0.4, 0.5) is 0 Å². The van der Waals surface area contributed by atoms with Crippen molar-refractivity contribution < 1.29 is 4.74 Å². The number of fused-ring (bicyclic) bond motifs is 1. The van der Waals surface area contributed by atoms with Crippen molar-refractivity contribution in [3.05, 3.63) is 0 Å². The van der Waals surface area contributed by atoms with E-state index in [9.17, 15) is 0 Å². The number of rotatable bonds is 5. The summed E-state index contributed by atoms with van der Waals surface area (Å²) in [6.45, 7) is 9.65. The first-order valence-electron chi connectivity index (χ1n) is 8.70. The number of piperazine rings is 1. The molecule has 0 bridgehead atoms. The molecule has 1 unspecified atom stereocenters. The zero-order valence-corrected chi connectivity index (χ0v) is 12.9. The van der Waals surface area contributed by atoms with Gasteiger partial charge in [0, 0.05) is 38.8 Å². The van der Waals surface area contributed by atoms with Crippen molar-refractivity contribution in [3.63, 3.8) is 0 Å². The van der Waals surface area contributed by atoms with Gasteiger partial charge in [0.1, 0.15) is 0 Å². The molecule has 0 aliphatic carbocycles. The third-order valence-corrected chi connectivity index (χ3v) is 5.18. The molecule has 3 aliphatic rings. The lowest BCUT2D eigenvalue weighted by Crippen LogP contribution is -2.54. The molecule has 0 aromatic heterocycles. The molecular formula is C16H31N3O. The fraction of sp³-hybridized carbons (Fsp3) is 1.00. The maximum absolute atomic E-state index is 6.00. The predicted octanol–water partition coefficient (Wildman–Crippen LogP) is 1.32. The molecule has 0 radical (unpaired) electrons. The Hall–Kier alpha value is -0.160. The minimum Gasteiger partial charge on any atom is -0.378 e. The van der Waals surface area contributed by atoms with E-state index in [1.807, 2.05) is 0 Å². The Labute approximate surface area is 123 Å². The van der Waals surface area contributed by atoms with Crippen LogP contribution < -0.4 is 5.32 Å². The number of nitrogens with one attached hydrogen (secondary N) is 1. The third kappa shape index (κ3) is 4.17. The third-order valence-electron chi connectivity index (χ3n) is 5.18. The standard InChI is InChI=1S/C16H31N3O/c1-2-10-19-12-11-18(14-15(19)4-1)9-3-13-20-16-5-7-17-8-6-16/h15-17H,1-14H2. The quantitative estimate of drug-likeness (QED) is 0.769. The highest BCUT2D eigenvalue weighted by Gasteiger charge is 2.28. The summed E-state index contributed by atoms with van der Waals surface area (Å²) in [6.07, 6.45) is 8.39. The van der Waals surface area contributed by atoms with Crippen LogP contribution in [0.2, 0.25) is 0 Å². The lowest BCUT2D eigenvalue weighted by Gasteiger charge is -2.44. The summed E-state index contributed by atoms with van der Waals surface area (Å²) in [7, 11) is 0. The van der Waals surface area contributed by atoms with Gasteiger partial charge in [-0.1, -0.05) is 6.42 Å². The summed E-state index contributed by atoms with van der Waals surface area (Å²) in [5.74, 6) is 0. The van der Waals surface area contributed by atoms with E-state index in [2.05, 4.69) is 15.1 Å². The predicted molar refractivity (Wildman–Crippen MR) is 82.1 cm³/mol. The van der Waals surface area contributed by atoms with Gasteiger partial charge < -0.3 is 15.0 Å². The van der Waals surface area contributed by atoms with E-state index in [-0.39, 0.29) is 0 Å². The van der Waals surface area contributed by atoms with Gasteiger partial charge in [0.15, 0.2) is 0 Å². The maximum Gasteiger partial charge on any atom is 0.0599 e. The van der Waals surface area contributed by atoms with Crippen LogP contribution in [-0.2, 0) is 4.74 Å².